The summed E-state index contributed by atoms with van der Waals surface area (Å²) in [6, 6.07) is 5.07. The van der Waals surface area contributed by atoms with Crippen molar-refractivity contribution in [1.29, 1.82) is 0 Å². The van der Waals surface area contributed by atoms with E-state index in [4.69, 9.17) is 5.11 Å². The third-order valence-electron chi connectivity index (χ3n) is 5.02. The monoisotopic (exact) mass is 431 g/mol. The zero-order valence-corrected chi connectivity index (χ0v) is 17.5. The maximum atomic E-state index is 12.7. The second-order valence-corrected chi connectivity index (χ2v) is 7.47. The molecule has 0 aliphatic rings. The van der Waals surface area contributed by atoms with Gasteiger partial charge < -0.3 is 25.8 Å². The molecule has 0 aliphatic heterocycles. The average Bonchev–Trinajstić information content (AvgIpc) is 3.13. The van der Waals surface area contributed by atoms with Crippen LogP contribution in [0.3, 0.4) is 0 Å². The highest BCUT2D eigenvalue weighted by Gasteiger charge is 2.27. The Morgan fingerprint density at radius 2 is 1.74 bits per heavy atom. The Hall–Kier alpha value is -3.36. The third kappa shape index (κ3) is 7.44. The minimum absolute atomic E-state index is 0.0428. The number of hydrogen-bond donors (Lipinski definition) is 5. The molecule has 0 saturated heterocycles. The molecule has 0 spiro atoms. The topological polar surface area (TPSA) is 149 Å². The number of rotatable bonds is 13. The molecular weight excluding hydrogens is 402 g/mol. The first-order valence-electron chi connectivity index (χ1n) is 10.4. The van der Waals surface area contributed by atoms with E-state index in [1.54, 1.807) is 6.20 Å². The number of fused-ring (bicyclic) bond motifs is 1. The maximum Gasteiger partial charge on any atom is 0.326 e. The van der Waals surface area contributed by atoms with E-state index >= 15 is 0 Å². The summed E-state index contributed by atoms with van der Waals surface area (Å²) in [5.74, 6) is -3.39. The van der Waals surface area contributed by atoms with Gasteiger partial charge in [0.15, 0.2) is 0 Å². The van der Waals surface area contributed by atoms with Crippen LogP contribution in [-0.4, -0.2) is 51.0 Å². The molecule has 5 N–H and O–H groups in total. The number of carboxylic acids is 2. The van der Waals surface area contributed by atoms with Crippen molar-refractivity contribution in [2.75, 3.05) is 0 Å². The van der Waals surface area contributed by atoms with E-state index < -0.39 is 29.9 Å². The molecule has 2 aromatic rings. The molecule has 2 unspecified atom stereocenters. The normalized spacial score (nSPS) is 12.8. The van der Waals surface area contributed by atoms with Crippen molar-refractivity contribution >= 4 is 34.7 Å². The summed E-state index contributed by atoms with van der Waals surface area (Å²) in [6.07, 6.45) is 3.98. The van der Waals surface area contributed by atoms with Gasteiger partial charge in [-0.15, -0.1) is 0 Å². The molecule has 9 heteroatoms. The first-order chi connectivity index (χ1) is 14.8. The molecule has 2 amide bonds. The number of aromatic amines is 1. The van der Waals surface area contributed by atoms with Crippen LogP contribution in [0, 0.1) is 0 Å². The first-order valence-corrected chi connectivity index (χ1v) is 10.4. The summed E-state index contributed by atoms with van der Waals surface area (Å²) < 4.78 is 0. The van der Waals surface area contributed by atoms with Crippen molar-refractivity contribution in [1.82, 2.24) is 15.6 Å². The lowest BCUT2D eigenvalue weighted by Gasteiger charge is -2.21. The second kappa shape index (κ2) is 11.7. The van der Waals surface area contributed by atoms with Crippen LogP contribution in [0.15, 0.2) is 30.5 Å². The third-order valence-corrected chi connectivity index (χ3v) is 5.02. The van der Waals surface area contributed by atoms with Crippen molar-refractivity contribution in [3.05, 3.63) is 36.0 Å². The van der Waals surface area contributed by atoms with E-state index in [0.717, 1.165) is 29.3 Å². The van der Waals surface area contributed by atoms with Gasteiger partial charge in [-0.1, -0.05) is 38.0 Å². The van der Waals surface area contributed by atoms with Crippen molar-refractivity contribution in [2.24, 2.45) is 0 Å². The van der Waals surface area contributed by atoms with Crippen LogP contribution in [0.25, 0.3) is 10.9 Å². The Balaban J connectivity index is 2.08. The molecule has 1 heterocycles. The molecule has 0 saturated carbocycles. The number of benzene rings is 1. The summed E-state index contributed by atoms with van der Waals surface area (Å²) in [4.78, 5) is 50.7. The predicted octanol–water partition coefficient (Wildman–Crippen LogP) is 2.21. The standard InChI is InChI=1S/C22H29N3O6/c1-2-3-4-9-19(26)24-17(10-11-20(27)28)21(29)25-18(22(30)31)12-14-13-23-16-8-6-5-7-15(14)16/h5-8,13,17-18,23H,2-4,9-12H2,1H3,(H,24,26)(H,25,29)(H,27,28)(H,30,31). The highest BCUT2D eigenvalue weighted by molar-refractivity contribution is 5.91. The van der Waals surface area contributed by atoms with Crippen LogP contribution in [0.1, 0.15) is 51.0 Å². The molecule has 0 bridgehead atoms. The van der Waals surface area contributed by atoms with E-state index in [2.05, 4.69) is 15.6 Å². The molecule has 168 valence electrons. The lowest BCUT2D eigenvalue weighted by atomic mass is 10.0. The number of nitrogens with one attached hydrogen (secondary N) is 3. The van der Waals surface area contributed by atoms with Gasteiger partial charge >= 0.3 is 11.9 Å². The van der Waals surface area contributed by atoms with E-state index in [1.807, 2.05) is 31.2 Å². The average molecular weight is 431 g/mol. The maximum absolute atomic E-state index is 12.7. The molecular formula is C22H29N3O6. The molecule has 0 fully saturated rings. The number of carbonyl (C=O) groups excluding carboxylic acids is 2. The minimum Gasteiger partial charge on any atom is -0.481 e. The van der Waals surface area contributed by atoms with Gasteiger partial charge in [-0.25, -0.2) is 4.79 Å². The molecule has 31 heavy (non-hydrogen) atoms. The molecule has 1 aromatic heterocycles. The Morgan fingerprint density at radius 3 is 2.42 bits per heavy atom. The molecule has 1 aromatic carbocycles. The SMILES string of the molecule is CCCCCC(=O)NC(CCC(=O)O)C(=O)NC(Cc1c[nH]c2ccccc12)C(=O)O. The Morgan fingerprint density at radius 1 is 1.00 bits per heavy atom. The number of unbranched alkanes of at least 4 members (excludes halogenated alkanes) is 2. The number of para-hydroxylation sites is 1. The molecule has 2 atom stereocenters. The summed E-state index contributed by atoms with van der Waals surface area (Å²) in [5, 5.41) is 24.4. The van der Waals surface area contributed by atoms with Crippen LogP contribution >= 0.6 is 0 Å². The van der Waals surface area contributed by atoms with Crippen molar-refractivity contribution in [3.8, 4) is 0 Å². The van der Waals surface area contributed by atoms with Gasteiger partial charge in [-0.3, -0.25) is 14.4 Å². The number of hydrogen-bond acceptors (Lipinski definition) is 4. The lowest BCUT2D eigenvalue weighted by Crippen LogP contribution is -2.52. The summed E-state index contributed by atoms with van der Waals surface area (Å²) in [6.45, 7) is 2.00. The van der Waals surface area contributed by atoms with Crippen LogP contribution in [0.5, 0.6) is 0 Å². The first kappa shape index (κ1) is 23.9. The quantitative estimate of drug-likeness (QED) is 0.307. The zero-order valence-electron chi connectivity index (χ0n) is 17.5. The lowest BCUT2D eigenvalue weighted by molar-refractivity contribution is -0.143. The van der Waals surface area contributed by atoms with E-state index in [-0.39, 0.29) is 31.6 Å². The summed E-state index contributed by atoms with van der Waals surface area (Å²) in [5.41, 5.74) is 1.58. The van der Waals surface area contributed by atoms with Gasteiger partial charge in [-0.2, -0.15) is 0 Å². The van der Waals surface area contributed by atoms with Gasteiger partial charge in [0, 0.05) is 36.4 Å². The van der Waals surface area contributed by atoms with Gasteiger partial charge in [0.05, 0.1) is 0 Å². The van der Waals surface area contributed by atoms with Gasteiger partial charge in [-0.05, 0) is 24.5 Å². The fourth-order valence-corrected chi connectivity index (χ4v) is 3.33. The van der Waals surface area contributed by atoms with Crippen molar-refractivity contribution in [2.45, 2.75) is 64.0 Å². The van der Waals surface area contributed by atoms with Crippen molar-refractivity contribution in [3.63, 3.8) is 0 Å². The zero-order chi connectivity index (χ0) is 22.8. The van der Waals surface area contributed by atoms with E-state index in [0.29, 0.717) is 6.42 Å². The number of carbonyl (C=O) groups is 4. The molecule has 0 aliphatic carbocycles. The number of H-pyrrole nitrogens is 1. The summed E-state index contributed by atoms with van der Waals surface area (Å²) in [7, 11) is 0. The molecule has 2 rings (SSSR count). The van der Waals surface area contributed by atoms with E-state index in [9.17, 15) is 24.3 Å². The minimum atomic E-state index is -1.23. The number of aromatic nitrogens is 1. The Bertz CT molecular complexity index is 923. The van der Waals surface area contributed by atoms with Crippen LogP contribution in [0.4, 0.5) is 0 Å². The fraction of sp³-hybridized carbons (Fsp3) is 0.455. The largest absolute Gasteiger partial charge is 0.481 e. The van der Waals surface area contributed by atoms with Gasteiger partial charge in [0.2, 0.25) is 11.8 Å². The van der Waals surface area contributed by atoms with Crippen LogP contribution in [0.2, 0.25) is 0 Å². The smallest absolute Gasteiger partial charge is 0.326 e. The predicted molar refractivity (Wildman–Crippen MR) is 115 cm³/mol. The highest BCUT2D eigenvalue weighted by Crippen LogP contribution is 2.19. The van der Waals surface area contributed by atoms with Crippen LogP contribution in [-0.2, 0) is 25.6 Å². The number of carboxylic acid groups (broad SMARTS) is 2. The van der Waals surface area contributed by atoms with Crippen molar-refractivity contribution < 1.29 is 29.4 Å². The molecule has 0 radical (unpaired) electrons. The Kier molecular flexibility index (Phi) is 9.05. The van der Waals surface area contributed by atoms with Gasteiger partial charge in [0.1, 0.15) is 12.1 Å². The van der Waals surface area contributed by atoms with Crippen LogP contribution < -0.4 is 10.6 Å². The van der Waals surface area contributed by atoms with E-state index in [1.165, 1.54) is 0 Å². The summed E-state index contributed by atoms with van der Waals surface area (Å²) >= 11 is 0. The number of amides is 2. The Labute approximate surface area is 180 Å². The molecule has 9 nitrogen and oxygen atoms in total. The second-order valence-electron chi connectivity index (χ2n) is 7.47. The highest BCUT2D eigenvalue weighted by atomic mass is 16.4. The van der Waals surface area contributed by atoms with Gasteiger partial charge in [0.25, 0.3) is 0 Å². The number of aliphatic carboxylic acids is 2. The fourth-order valence-electron chi connectivity index (χ4n) is 3.33.